The minimum atomic E-state index is -0.358. The molecule has 0 saturated heterocycles. The third-order valence-electron chi connectivity index (χ3n) is 5.31. The van der Waals surface area contributed by atoms with E-state index < -0.39 is 0 Å². The molecule has 2 nitrogen and oxygen atoms in total. The van der Waals surface area contributed by atoms with E-state index in [2.05, 4.69) is 120 Å². The zero-order valence-electron chi connectivity index (χ0n) is 15.8. The molecule has 0 bridgehead atoms. The Balaban J connectivity index is 1.95. The van der Waals surface area contributed by atoms with Gasteiger partial charge in [-0.1, -0.05) is 97.9 Å². The molecule has 0 aromatic heterocycles. The second-order valence-corrected chi connectivity index (χ2v) is 7.03. The quantitative estimate of drug-likeness (QED) is 0.544. The summed E-state index contributed by atoms with van der Waals surface area (Å²) in [5.41, 5.74) is 3.49. The largest absolute Gasteiger partial charge is 0.359 e. The van der Waals surface area contributed by atoms with Crippen LogP contribution in [0.25, 0.3) is 0 Å². The van der Waals surface area contributed by atoms with Gasteiger partial charge in [0.2, 0.25) is 0 Å². The molecule has 0 unspecified atom stereocenters. The van der Waals surface area contributed by atoms with Crippen molar-refractivity contribution in [1.29, 1.82) is 0 Å². The summed E-state index contributed by atoms with van der Waals surface area (Å²) in [5.74, 6) is 0. The van der Waals surface area contributed by atoms with Crippen molar-refractivity contribution < 1.29 is 0 Å². The minimum absolute atomic E-state index is 0.358. The molecule has 136 valence electrons. The molecule has 1 aliphatic heterocycles. The van der Waals surface area contributed by atoms with Crippen LogP contribution in [-0.2, 0) is 5.54 Å². The molecule has 2 heteroatoms. The first-order chi connectivity index (χ1) is 13.4. The molecule has 1 heterocycles. The fourth-order valence-corrected chi connectivity index (χ4v) is 4.15. The molecule has 0 fully saturated rings. The van der Waals surface area contributed by atoms with Crippen LogP contribution in [0.5, 0.6) is 0 Å². The van der Waals surface area contributed by atoms with E-state index in [-0.39, 0.29) is 5.54 Å². The van der Waals surface area contributed by atoms with Crippen LogP contribution in [-0.4, -0.2) is 23.0 Å². The van der Waals surface area contributed by atoms with Gasteiger partial charge >= 0.3 is 0 Å². The first-order valence-corrected chi connectivity index (χ1v) is 9.71. The number of hydrogen-bond donors (Lipinski definition) is 0. The Morgan fingerprint density at radius 3 is 1.52 bits per heavy atom. The van der Waals surface area contributed by atoms with Crippen molar-refractivity contribution in [3.05, 3.63) is 120 Å². The zero-order valence-corrected chi connectivity index (χ0v) is 15.8. The van der Waals surface area contributed by atoms with Crippen LogP contribution in [0.2, 0.25) is 0 Å². The van der Waals surface area contributed by atoms with Gasteiger partial charge in [0.05, 0.1) is 6.67 Å². The first-order valence-electron chi connectivity index (χ1n) is 9.71. The SMILES string of the molecule is CCCN1C=CN(C(c2ccccc2)(c2ccccc2)c2ccccc2)C1. The fraction of sp³-hybridized carbons (Fsp3) is 0.200. The molecule has 0 aliphatic carbocycles. The Hall–Kier alpha value is -3.00. The van der Waals surface area contributed by atoms with E-state index in [1.54, 1.807) is 0 Å². The van der Waals surface area contributed by atoms with E-state index in [4.69, 9.17) is 0 Å². The second kappa shape index (κ2) is 7.71. The van der Waals surface area contributed by atoms with Crippen molar-refractivity contribution in [2.24, 2.45) is 0 Å². The van der Waals surface area contributed by atoms with E-state index in [1.165, 1.54) is 16.7 Å². The summed E-state index contributed by atoms with van der Waals surface area (Å²) in [6.07, 6.45) is 5.63. The monoisotopic (exact) mass is 354 g/mol. The maximum atomic E-state index is 2.47. The van der Waals surface area contributed by atoms with Gasteiger partial charge < -0.3 is 9.80 Å². The predicted molar refractivity (Wildman–Crippen MR) is 112 cm³/mol. The molecule has 0 spiro atoms. The summed E-state index contributed by atoms with van der Waals surface area (Å²) < 4.78 is 0. The van der Waals surface area contributed by atoms with Gasteiger partial charge in [-0.3, -0.25) is 0 Å². The lowest BCUT2D eigenvalue weighted by Crippen LogP contribution is -2.46. The van der Waals surface area contributed by atoms with Crippen LogP contribution in [0.15, 0.2) is 103 Å². The van der Waals surface area contributed by atoms with E-state index in [1.807, 2.05) is 0 Å². The van der Waals surface area contributed by atoms with Crippen molar-refractivity contribution in [3.8, 4) is 0 Å². The molecule has 0 atom stereocenters. The number of rotatable bonds is 6. The lowest BCUT2D eigenvalue weighted by Gasteiger charge is -2.44. The Kier molecular flexibility index (Phi) is 4.97. The van der Waals surface area contributed by atoms with Gasteiger partial charge in [0.25, 0.3) is 0 Å². The highest BCUT2D eigenvalue weighted by Gasteiger charge is 2.42. The summed E-state index contributed by atoms with van der Waals surface area (Å²) >= 11 is 0. The Morgan fingerprint density at radius 1 is 0.667 bits per heavy atom. The van der Waals surface area contributed by atoms with Crippen LogP contribution < -0.4 is 0 Å². The van der Waals surface area contributed by atoms with E-state index >= 15 is 0 Å². The Labute approximate surface area is 162 Å². The molecule has 4 rings (SSSR count). The highest BCUT2D eigenvalue weighted by atomic mass is 15.4. The second-order valence-electron chi connectivity index (χ2n) is 7.03. The summed E-state index contributed by atoms with van der Waals surface area (Å²) in [4.78, 5) is 4.87. The molecule has 3 aromatic carbocycles. The molecule has 0 N–H and O–H groups in total. The Bertz CT molecular complexity index is 775. The summed E-state index contributed by atoms with van der Waals surface area (Å²) in [6, 6.07) is 32.6. The lowest BCUT2D eigenvalue weighted by molar-refractivity contribution is 0.179. The topological polar surface area (TPSA) is 6.48 Å². The average molecular weight is 354 g/mol. The van der Waals surface area contributed by atoms with Gasteiger partial charge in [-0.05, 0) is 23.1 Å². The van der Waals surface area contributed by atoms with Gasteiger partial charge in [0.1, 0.15) is 5.54 Å². The summed E-state index contributed by atoms with van der Waals surface area (Å²) in [6.45, 7) is 4.18. The fourth-order valence-electron chi connectivity index (χ4n) is 4.15. The van der Waals surface area contributed by atoms with Crippen molar-refractivity contribution in [2.45, 2.75) is 18.9 Å². The summed E-state index contributed by atoms with van der Waals surface area (Å²) in [5, 5.41) is 0. The van der Waals surface area contributed by atoms with Crippen molar-refractivity contribution >= 4 is 0 Å². The van der Waals surface area contributed by atoms with Crippen LogP contribution in [0.3, 0.4) is 0 Å². The van der Waals surface area contributed by atoms with Crippen LogP contribution in [0.4, 0.5) is 0 Å². The van der Waals surface area contributed by atoms with Crippen LogP contribution in [0.1, 0.15) is 30.0 Å². The smallest absolute Gasteiger partial charge is 0.117 e. The third-order valence-corrected chi connectivity index (χ3v) is 5.31. The standard InChI is InChI=1S/C25H26N2/c1-2-18-26-19-20-27(21-26)25(22-12-6-3-7-13-22,23-14-8-4-9-15-23)24-16-10-5-11-17-24/h3-17,19-20H,2,18,21H2,1H3. The number of nitrogens with zero attached hydrogens (tertiary/aromatic N) is 2. The Morgan fingerprint density at radius 2 is 1.11 bits per heavy atom. The molecular formula is C25H26N2. The van der Waals surface area contributed by atoms with Gasteiger partial charge in [-0.2, -0.15) is 0 Å². The highest BCUT2D eigenvalue weighted by Crippen LogP contribution is 2.43. The average Bonchev–Trinajstić information content (AvgIpc) is 3.20. The molecular weight excluding hydrogens is 328 g/mol. The maximum absolute atomic E-state index is 2.47. The lowest BCUT2D eigenvalue weighted by atomic mass is 9.76. The van der Waals surface area contributed by atoms with E-state index in [0.717, 1.165) is 19.6 Å². The molecule has 1 aliphatic rings. The highest BCUT2D eigenvalue weighted by molar-refractivity contribution is 5.50. The van der Waals surface area contributed by atoms with Crippen molar-refractivity contribution in [3.63, 3.8) is 0 Å². The van der Waals surface area contributed by atoms with Crippen molar-refractivity contribution in [2.75, 3.05) is 13.2 Å². The minimum Gasteiger partial charge on any atom is -0.359 e. The van der Waals surface area contributed by atoms with E-state index in [0.29, 0.717) is 0 Å². The van der Waals surface area contributed by atoms with Crippen molar-refractivity contribution in [1.82, 2.24) is 9.80 Å². The van der Waals surface area contributed by atoms with E-state index in [9.17, 15) is 0 Å². The van der Waals surface area contributed by atoms with Gasteiger partial charge in [-0.25, -0.2) is 0 Å². The third kappa shape index (κ3) is 3.12. The zero-order chi connectivity index (χ0) is 18.5. The molecule has 27 heavy (non-hydrogen) atoms. The van der Waals surface area contributed by atoms with Crippen LogP contribution in [0, 0.1) is 0 Å². The first kappa shape index (κ1) is 17.4. The molecule has 0 saturated carbocycles. The van der Waals surface area contributed by atoms with Crippen LogP contribution >= 0.6 is 0 Å². The molecule has 0 radical (unpaired) electrons. The predicted octanol–water partition coefficient (Wildman–Crippen LogP) is 5.43. The molecule has 3 aromatic rings. The molecule has 0 amide bonds. The van der Waals surface area contributed by atoms with Gasteiger partial charge in [0.15, 0.2) is 0 Å². The van der Waals surface area contributed by atoms with Gasteiger partial charge in [0, 0.05) is 18.9 Å². The number of benzene rings is 3. The normalized spacial score (nSPS) is 14.0. The number of hydrogen-bond acceptors (Lipinski definition) is 2. The maximum Gasteiger partial charge on any atom is 0.117 e. The summed E-state index contributed by atoms with van der Waals surface area (Å²) in [7, 11) is 0. The van der Waals surface area contributed by atoms with Gasteiger partial charge in [-0.15, -0.1) is 0 Å².